The van der Waals surface area contributed by atoms with Gasteiger partial charge in [-0.15, -0.1) is 6.42 Å². The Morgan fingerprint density at radius 1 is 1.32 bits per heavy atom. The number of rotatable bonds is 5. The Morgan fingerprint density at radius 3 is 2.97 bits per heavy atom. The van der Waals surface area contributed by atoms with Gasteiger partial charge in [-0.05, 0) is 48.7 Å². The fraction of sp³-hybridized carbons (Fsp3) is 0.292. The first kappa shape index (κ1) is 20.8. The number of terminal acetylenes is 1. The molecule has 0 amide bonds. The maximum absolute atomic E-state index is 12.4. The number of methoxy groups -OCH3 is 1. The lowest BCUT2D eigenvalue weighted by Gasteiger charge is -2.34. The number of nitrogens with two attached hydrogens (primary N) is 1. The number of fused-ring (bicyclic) bond motifs is 1. The van der Waals surface area contributed by atoms with Crippen molar-refractivity contribution in [2.75, 3.05) is 25.5 Å². The Kier molecular flexibility index (Phi) is 6.12. The van der Waals surface area contributed by atoms with Gasteiger partial charge in [0.1, 0.15) is 12.1 Å². The molecule has 1 aliphatic heterocycles. The molecule has 7 heteroatoms. The molecule has 0 radical (unpaired) electrons. The summed E-state index contributed by atoms with van der Waals surface area (Å²) in [7, 11) is 1.41. The molecule has 1 saturated heterocycles. The summed E-state index contributed by atoms with van der Waals surface area (Å²) in [6, 6.07) is 13.0. The zero-order valence-electron chi connectivity index (χ0n) is 17.3. The van der Waals surface area contributed by atoms with Crippen molar-refractivity contribution in [1.29, 1.82) is 0 Å². The van der Waals surface area contributed by atoms with E-state index in [1.807, 2.05) is 42.5 Å². The molecule has 3 unspecified atom stereocenters. The highest BCUT2D eigenvalue weighted by atomic mass is 16.5. The van der Waals surface area contributed by atoms with E-state index in [0.717, 1.165) is 40.7 Å². The van der Waals surface area contributed by atoms with Gasteiger partial charge in [-0.1, -0.05) is 24.1 Å². The van der Waals surface area contributed by atoms with Gasteiger partial charge in [0.15, 0.2) is 0 Å². The van der Waals surface area contributed by atoms with Crippen LogP contribution in [0.15, 0.2) is 48.8 Å². The number of piperidine rings is 1. The summed E-state index contributed by atoms with van der Waals surface area (Å²) in [6.07, 6.45) is 7.83. The van der Waals surface area contributed by atoms with E-state index in [1.165, 1.54) is 13.4 Å². The number of hydrogen-bond donors (Lipinski definition) is 3. The quantitative estimate of drug-likeness (QED) is 0.435. The first-order valence-electron chi connectivity index (χ1n) is 10.2. The lowest BCUT2D eigenvalue weighted by atomic mass is 9.78. The fourth-order valence-corrected chi connectivity index (χ4v) is 4.28. The summed E-state index contributed by atoms with van der Waals surface area (Å²) in [5, 5.41) is 7.47. The molecule has 0 bridgehead atoms. The van der Waals surface area contributed by atoms with Crippen LogP contribution in [-0.2, 0) is 9.53 Å². The SMILES string of the molecule is C#Cc1cccc(Nc2ncnc3cccc(C(N)C4CCNCC4C(=O)OC)c23)c1. The first-order chi connectivity index (χ1) is 15.1. The summed E-state index contributed by atoms with van der Waals surface area (Å²) in [5.74, 6) is 2.68. The second-order valence-electron chi connectivity index (χ2n) is 7.63. The molecule has 4 rings (SSSR count). The van der Waals surface area contributed by atoms with Crippen molar-refractivity contribution in [3.05, 3.63) is 59.9 Å². The Hall–Kier alpha value is -3.47. The molecule has 31 heavy (non-hydrogen) atoms. The summed E-state index contributed by atoms with van der Waals surface area (Å²) >= 11 is 0. The Bertz CT molecular complexity index is 1140. The van der Waals surface area contributed by atoms with E-state index in [-0.39, 0.29) is 23.8 Å². The molecule has 2 heterocycles. The van der Waals surface area contributed by atoms with Crippen LogP contribution in [0.1, 0.15) is 23.6 Å². The Labute approximate surface area is 181 Å². The minimum Gasteiger partial charge on any atom is -0.469 e. The number of carbonyl (C=O) groups excluding carboxylic acids is 1. The molecular weight excluding hydrogens is 390 g/mol. The van der Waals surface area contributed by atoms with E-state index >= 15 is 0 Å². The van der Waals surface area contributed by atoms with E-state index in [0.29, 0.717) is 12.4 Å². The van der Waals surface area contributed by atoms with Gasteiger partial charge in [0.2, 0.25) is 0 Å². The molecule has 2 aromatic carbocycles. The molecule has 1 fully saturated rings. The van der Waals surface area contributed by atoms with Crippen LogP contribution in [0.2, 0.25) is 0 Å². The lowest BCUT2D eigenvalue weighted by Crippen LogP contribution is -2.45. The van der Waals surface area contributed by atoms with Gasteiger partial charge >= 0.3 is 5.97 Å². The van der Waals surface area contributed by atoms with Crippen LogP contribution in [0.5, 0.6) is 0 Å². The zero-order valence-corrected chi connectivity index (χ0v) is 17.3. The van der Waals surface area contributed by atoms with Crippen molar-refractivity contribution in [2.45, 2.75) is 12.5 Å². The zero-order chi connectivity index (χ0) is 21.8. The van der Waals surface area contributed by atoms with Gasteiger partial charge in [-0.2, -0.15) is 0 Å². The molecule has 0 saturated carbocycles. The van der Waals surface area contributed by atoms with Gasteiger partial charge in [0, 0.05) is 29.2 Å². The third-order valence-electron chi connectivity index (χ3n) is 5.85. The normalized spacial score (nSPS) is 19.4. The molecule has 158 valence electrons. The van der Waals surface area contributed by atoms with Crippen LogP contribution in [0.4, 0.5) is 11.5 Å². The molecule has 3 atom stereocenters. The summed E-state index contributed by atoms with van der Waals surface area (Å²) in [5.41, 5.74) is 10.1. The lowest BCUT2D eigenvalue weighted by molar-refractivity contribution is -0.148. The van der Waals surface area contributed by atoms with Crippen molar-refractivity contribution >= 4 is 28.4 Å². The van der Waals surface area contributed by atoms with Crippen LogP contribution in [0.25, 0.3) is 10.9 Å². The monoisotopic (exact) mass is 415 g/mol. The standard InChI is InChI=1S/C24H25N5O2/c1-3-15-6-4-7-16(12-15)29-23-21-18(8-5-9-20(21)27-14-28-23)22(25)17-10-11-26-13-19(17)24(30)31-2/h1,4-9,12,14,17,19,22,26H,10-11,13,25H2,2H3,(H,27,28,29). The van der Waals surface area contributed by atoms with Crippen molar-refractivity contribution in [2.24, 2.45) is 17.6 Å². The van der Waals surface area contributed by atoms with Crippen LogP contribution in [0.3, 0.4) is 0 Å². The smallest absolute Gasteiger partial charge is 0.310 e. The molecule has 7 nitrogen and oxygen atoms in total. The largest absolute Gasteiger partial charge is 0.469 e. The van der Waals surface area contributed by atoms with Gasteiger partial charge in [-0.3, -0.25) is 4.79 Å². The number of anilines is 2. The van der Waals surface area contributed by atoms with Crippen LogP contribution in [-0.4, -0.2) is 36.1 Å². The molecule has 3 aromatic rings. The maximum Gasteiger partial charge on any atom is 0.310 e. The number of nitrogens with zero attached hydrogens (tertiary/aromatic N) is 2. The fourth-order valence-electron chi connectivity index (χ4n) is 4.28. The second-order valence-corrected chi connectivity index (χ2v) is 7.63. The van der Waals surface area contributed by atoms with Crippen molar-refractivity contribution < 1.29 is 9.53 Å². The van der Waals surface area contributed by atoms with E-state index in [9.17, 15) is 4.79 Å². The van der Waals surface area contributed by atoms with E-state index in [4.69, 9.17) is 16.9 Å². The molecule has 0 spiro atoms. The Balaban J connectivity index is 1.76. The average Bonchev–Trinajstić information content (AvgIpc) is 2.83. The minimum atomic E-state index is -0.376. The number of hydrogen-bond acceptors (Lipinski definition) is 7. The number of carbonyl (C=O) groups is 1. The maximum atomic E-state index is 12.4. The third-order valence-corrected chi connectivity index (χ3v) is 5.85. The molecule has 1 aliphatic rings. The second kappa shape index (κ2) is 9.13. The van der Waals surface area contributed by atoms with Crippen LogP contribution in [0, 0.1) is 24.2 Å². The highest BCUT2D eigenvalue weighted by Crippen LogP contribution is 2.37. The Morgan fingerprint density at radius 2 is 2.16 bits per heavy atom. The van der Waals surface area contributed by atoms with Crippen LogP contribution < -0.4 is 16.4 Å². The number of nitrogens with one attached hydrogen (secondary N) is 2. The predicted octanol–water partition coefficient (Wildman–Crippen LogP) is 2.75. The number of ether oxygens (including phenoxy) is 1. The van der Waals surface area contributed by atoms with E-state index < -0.39 is 0 Å². The van der Waals surface area contributed by atoms with Gasteiger partial charge in [-0.25, -0.2) is 9.97 Å². The molecule has 1 aromatic heterocycles. The summed E-state index contributed by atoms with van der Waals surface area (Å²) in [6.45, 7) is 1.35. The van der Waals surface area contributed by atoms with E-state index in [1.54, 1.807) is 0 Å². The number of benzene rings is 2. The molecular formula is C24H25N5O2. The predicted molar refractivity (Wildman–Crippen MR) is 121 cm³/mol. The average molecular weight is 415 g/mol. The van der Waals surface area contributed by atoms with Crippen molar-refractivity contribution in [1.82, 2.24) is 15.3 Å². The topological polar surface area (TPSA) is 102 Å². The first-order valence-corrected chi connectivity index (χ1v) is 10.2. The highest BCUT2D eigenvalue weighted by Gasteiger charge is 2.36. The minimum absolute atomic E-state index is 0.0582. The van der Waals surface area contributed by atoms with Gasteiger partial charge < -0.3 is 21.1 Å². The molecule has 4 N–H and O–H groups in total. The number of esters is 1. The third kappa shape index (κ3) is 4.22. The number of aromatic nitrogens is 2. The van der Waals surface area contributed by atoms with Crippen molar-refractivity contribution in [3.63, 3.8) is 0 Å². The summed E-state index contributed by atoms with van der Waals surface area (Å²) in [4.78, 5) is 21.3. The van der Waals surface area contributed by atoms with Crippen LogP contribution >= 0.6 is 0 Å². The summed E-state index contributed by atoms with van der Waals surface area (Å²) < 4.78 is 5.03. The van der Waals surface area contributed by atoms with Crippen molar-refractivity contribution in [3.8, 4) is 12.3 Å². The van der Waals surface area contributed by atoms with E-state index in [2.05, 4.69) is 26.5 Å². The van der Waals surface area contributed by atoms with Gasteiger partial charge in [0.25, 0.3) is 0 Å². The highest BCUT2D eigenvalue weighted by molar-refractivity contribution is 5.94. The molecule has 0 aliphatic carbocycles. The van der Waals surface area contributed by atoms with Gasteiger partial charge in [0.05, 0.1) is 18.5 Å².